The quantitative estimate of drug-likeness (QED) is 0.676. The Labute approximate surface area is 93.7 Å². The van der Waals surface area contributed by atoms with E-state index in [-0.39, 0.29) is 17.3 Å². The monoisotopic (exact) mass is 214 g/mol. The van der Waals surface area contributed by atoms with Crippen LogP contribution in [0.2, 0.25) is 0 Å². The molecule has 1 saturated heterocycles. The molecule has 0 saturated carbocycles. The minimum absolute atomic E-state index is 0.111. The van der Waals surface area contributed by atoms with Gasteiger partial charge in [-0.25, -0.2) is 0 Å². The van der Waals surface area contributed by atoms with Crippen molar-refractivity contribution >= 4 is 7.32 Å². The summed E-state index contributed by atoms with van der Waals surface area (Å²) in [7, 11) is -0.535. The zero-order valence-corrected chi connectivity index (χ0v) is 11.0. The van der Waals surface area contributed by atoms with E-state index in [1.807, 2.05) is 13.8 Å². The van der Waals surface area contributed by atoms with Gasteiger partial charge in [-0.2, -0.15) is 0 Å². The highest BCUT2D eigenvalue weighted by atomic mass is 16.8. The van der Waals surface area contributed by atoms with E-state index < -0.39 is 7.32 Å². The van der Waals surface area contributed by atoms with Crippen molar-refractivity contribution in [1.29, 1.82) is 0 Å². The summed E-state index contributed by atoms with van der Waals surface area (Å²) in [6, 6.07) is 0. The van der Waals surface area contributed by atoms with E-state index in [2.05, 4.69) is 34.6 Å². The van der Waals surface area contributed by atoms with Gasteiger partial charge in [0.25, 0.3) is 0 Å². The van der Waals surface area contributed by atoms with Gasteiger partial charge in [-0.05, 0) is 40.5 Å². The van der Waals surface area contributed by atoms with Gasteiger partial charge in [-0.15, -0.1) is 0 Å². The van der Waals surface area contributed by atoms with Gasteiger partial charge in [0.1, 0.15) is 0 Å². The molecule has 0 radical (unpaired) electrons. The Morgan fingerprint density at radius 1 is 1.00 bits per heavy atom. The van der Waals surface area contributed by atoms with E-state index in [1.54, 1.807) is 0 Å². The standard InChI is InChI=1S/C11H23BO3/c1-8(2)11(7)10(5,6)14-12(15-11)13-9(3)4/h8-9H,1-7H3. The highest BCUT2D eigenvalue weighted by molar-refractivity contribution is 6.37. The van der Waals surface area contributed by atoms with Crippen molar-refractivity contribution < 1.29 is 14.0 Å². The van der Waals surface area contributed by atoms with Crippen LogP contribution in [0.1, 0.15) is 48.5 Å². The van der Waals surface area contributed by atoms with Crippen LogP contribution < -0.4 is 0 Å². The van der Waals surface area contributed by atoms with Crippen molar-refractivity contribution in [1.82, 2.24) is 0 Å². The lowest BCUT2D eigenvalue weighted by molar-refractivity contribution is -0.0439. The van der Waals surface area contributed by atoms with Crippen molar-refractivity contribution in [3.63, 3.8) is 0 Å². The molecule has 1 aliphatic rings. The SMILES string of the molecule is CC(C)OB1OC(C)(C)C(C)(C(C)C)O1. The molecule has 88 valence electrons. The molecule has 1 fully saturated rings. The van der Waals surface area contributed by atoms with Crippen molar-refractivity contribution in [2.75, 3.05) is 0 Å². The Hall–Kier alpha value is -0.0551. The Balaban J connectivity index is 2.76. The molecule has 1 rings (SSSR count). The molecule has 0 aromatic heterocycles. The topological polar surface area (TPSA) is 27.7 Å². The molecule has 0 spiro atoms. The van der Waals surface area contributed by atoms with Gasteiger partial charge >= 0.3 is 7.32 Å². The Bertz CT molecular complexity index is 228. The minimum atomic E-state index is -0.535. The average Bonchev–Trinajstić information content (AvgIpc) is 2.21. The highest BCUT2D eigenvalue weighted by Gasteiger charge is 2.57. The Morgan fingerprint density at radius 3 is 1.87 bits per heavy atom. The van der Waals surface area contributed by atoms with E-state index in [0.29, 0.717) is 5.92 Å². The van der Waals surface area contributed by atoms with E-state index in [9.17, 15) is 0 Å². The zero-order valence-electron chi connectivity index (χ0n) is 11.0. The summed E-state index contributed by atoms with van der Waals surface area (Å²) in [4.78, 5) is 0. The van der Waals surface area contributed by atoms with Gasteiger partial charge in [0.15, 0.2) is 0 Å². The predicted octanol–water partition coefficient (Wildman–Crippen LogP) is 2.64. The molecule has 0 N–H and O–H groups in total. The third-order valence-corrected chi connectivity index (χ3v) is 3.41. The van der Waals surface area contributed by atoms with Gasteiger partial charge in [-0.3, -0.25) is 0 Å². The highest BCUT2D eigenvalue weighted by Crippen LogP contribution is 2.42. The second-order valence-corrected chi connectivity index (χ2v) is 5.48. The Kier molecular flexibility index (Phi) is 3.54. The summed E-state index contributed by atoms with van der Waals surface area (Å²) in [6.07, 6.45) is 0.111. The first-order valence-electron chi connectivity index (χ1n) is 5.70. The largest absolute Gasteiger partial charge is 0.640 e. The van der Waals surface area contributed by atoms with E-state index in [1.165, 1.54) is 0 Å². The van der Waals surface area contributed by atoms with Crippen LogP contribution in [0.5, 0.6) is 0 Å². The summed E-state index contributed by atoms with van der Waals surface area (Å²) in [6.45, 7) is 14.4. The number of hydrogen-bond donors (Lipinski definition) is 0. The molecule has 0 bridgehead atoms. The third-order valence-electron chi connectivity index (χ3n) is 3.41. The summed E-state index contributed by atoms with van der Waals surface area (Å²) in [5.74, 6) is 0.383. The molecule has 1 heterocycles. The van der Waals surface area contributed by atoms with Crippen LogP contribution >= 0.6 is 0 Å². The fourth-order valence-electron chi connectivity index (χ4n) is 1.83. The lowest BCUT2D eigenvalue weighted by Gasteiger charge is -2.39. The van der Waals surface area contributed by atoms with Gasteiger partial charge in [-0.1, -0.05) is 13.8 Å². The molecule has 15 heavy (non-hydrogen) atoms. The van der Waals surface area contributed by atoms with Crippen LogP contribution in [-0.4, -0.2) is 24.6 Å². The third kappa shape index (κ3) is 2.37. The normalized spacial score (nSPS) is 30.6. The second kappa shape index (κ2) is 4.08. The first kappa shape index (κ1) is 13.0. The van der Waals surface area contributed by atoms with E-state index >= 15 is 0 Å². The van der Waals surface area contributed by atoms with Crippen LogP contribution in [0.15, 0.2) is 0 Å². The van der Waals surface area contributed by atoms with E-state index in [4.69, 9.17) is 14.0 Å². The maximum Gasteiger partial charge on any atom is 0.640 e. The van der Waals surface area contributed by atoms with Crippen LogP contribution in [0, 0.1) is 5.92 Å². The molecular formula is C11H23BO3. The first-order chi connectivity index (χ1) is 6.69. The fourth-order valence-corrected chi connectivity index (χ4v) is 1.83. The average molecular weight is 214 g/mol. The van der Waals surface area contributed by atoms with Crippen LogP contribution in [-0.2, 0) is 14.0 Å². The molecular weight excluding hydrogens is 191 g/mol. The van der Waals surface area contributed by atoms with E-state index in [0.717, 1.165) is 0 Å². The maximum absolute atomic E-state index is 5.89. The van der Waals surface area contributed by atoms with Gasteiger partial charge < -0.3 is 14.0 Å². The maximum atomic E-state index is 5.89. The lowest BCUT2D eigenvalue weighted by atomic mass is 9.79. The van der Waals surface area contributed by atoms with Crippen LogP contribution in [0.3, 0.4) is 0 Å². The van der Waals surface area contributed by atoms with Gasteiger partial charge in [0, 0.05) is 6.10 Å². The number of rotatable bonds is 3. The molecule has 1 unspecified atom stereocenters. The lowest BCUT2D eigenvalue weighted by Crippen LogP contribution is -2.48. The van der Waals surface area contributed by atoms with Crippen LogP contribution in [0.25, 0.3) is 0 Å². The summed E-state index contributed by atoms with van der Waals surface area (Å²) >= 11 is 0. The zero-order chi connectivity index (χ0) is 11.9. The van der Waals surface area contributed by atoms with Crippen molar-refractivity contribution in [3.05, 3.63) is 0 Å². The minimum Gasteiger partial charge on any atom is -0.384 e. The first-order valence-corrected chi connectivity index (χ1v) is 5.70. The molecule has 0 aromatic carbocycles. The molecule has 1 atom stereocenters. The second-order valence-electron chi connectivity index (χ2n) is 5.48. The molecule has 0 amide bonds. The summed E-state index contributed by atoms with van der Waals surface area (Å²) in [5.41, 5.74) is -0.618. The van der Waals surface area contributed by atoms with Crippen LogP contribution in [0.4, 0.5) is 0 Å². The fraction of sp³-hybridized carbons (Fsp3) is 1.00. The molecule has 4 heteroatoms. The smallest absolute Gasteiger partial charge is 0.384 e. The number of hydrogen-bond acceptors (Lipinski definition) is 3. The predicted molar refractivity (Wildman–Crippen MR) is 61.5 cm³/mol. The summed E-state index contributed by atoms with van der Waals surface area (Å²) < 4.78 is 17.2. The van der Waals surface area contributed by atoms with Crippen molar-refractivity contribution in [2.45, 2.75) is 65.8 Å². The van der Waals surface area contributed by atoms with Gasteiger partial charge in [0.05, 0.1) is 11.2 Å². The molecule has 0 aromatic rings. The molecule has 0 aliphatic carbocycles. The van der Waals surface area contributed by atoms with Gasteiger partial charge in [0.2, 0.25) is 0 Å². The Morgan fingerprint density at radius 2 is 1.53 bits per heavy atom. The molecule has 1 aliphatic heterocycles. The van der Waals surface area contributed by atoms with Crippen molar-refractivity contribution in [3.8, 4) is 0 Å². The van der Waals surface area contributed by atoms with Crippen molar-refractivity contribution in [2.24, 2.45) is 5.92 Å². The summed E-state index contributed by atoms with van der Waals surface area (Å²) in [5, 5.41) is 0. The molecule has 3 nitrogen and oxygen atoms in total.